The van der Waals surface area contributed by atoms with E-state index in [0.29, 0.717) is 22.9 Å². The Balaban J connectivity index is 1.69. The third kappa shape index (κ3) is 4.59. The first-order chi connectivity index (χ1) is 13.6. The zero-order valence-electron chi connectivity index (χ0n) is 16.1. The van der Waals surface area contributed by atoms with Crippen LogP contribution in [0.3, 0.4) is 0 Å². The Morgan fingerprint density at radius 1 is 1.00 bits per heavy atom. The SMILES string of the molecule is COc1ccc(OC)c(NC(=O)c2ccc(NC(C)c3ccccc3)cn2)c1. The molecule has 1 aromatic heterocycles. The molecule has 0 spiro atoms. The molecule has 0 aliphatic heterocycles. The van der Waals surface area contributed by atoms with E-state index in [0.717, 1.165) is 5.69 Å². The van der Waals surface area contributed by atoms with E-state index in [9.17, 15) is 4.79 Å². The summed E-state index contributed by atoms with van der Waals surface area (Å²) in [5, 5.41) is 6.19. The number of rotatable bonds is 7. The van der Waals surface area contributed by atoms with Gasteiger partial charge >= 0.3 is 0 Å². The number of carbonyl (C=O) groups excluding carboxylic acids is 1. The first-order valence-corrected chi connectivity index (χ1v) is 8.91. The topological polar surface area (TPSA) is 72.5 Å². The zero-order valence-corrected chi connectivity index (χ0v) is 16.1. The smallest absolute Gasteiger partial charge is 0.274 e. The molecule has 2 N–H and O–H groups in total. The second-order valence-corrected chi connectivity index (χ2v) is 6.23. The van der Waals surface area contributed by atoms with Crippen LogP contribution in [-0.4, -0.2) is 25.1 Å². The van der Waals surface area contributed by atoms with Crippen LogP contribution in [0, 0.1) is 0 Å². The lowest BCUT2D eigenvalue weighted by atomic mass is 10.1. The Hall–Kier alpha value is -3.54. The number of aromatic nitrogens is 1. The molecular weight excluding hydrogens is 354 g/mol. The fourth-order valence-electron chi connectivity index (χ4n) is 2.79. The van der Waals surface area contributed by atoms with Crippen LogP contribution in [0.25, 0.3) is 0 Å². The van der Waals surface area contributed by atoms with Gasteiger partial charge in [0.15, 0.2) is 0 Å². The monoisotopic (exact) mass is 377 g/mol. The van der Waals surface area contributed by atoms with Crippen LogP contribution in [-0.2, 0) is 0 Å². The molecule has 1 atom stereocenters. The molecule has 144 valence electrons. The summed E-state index contributed by atoms with van der Waals surface area (Å²) < 4.78 is 10.5. The second kappa shape index (κ2) is 8.90. The molecule has 0 radical (unpaired) electrons. The summed E-state index contributed by atoms with van der Waals surface area (Å²) in [6, 6.07) is 19.0. The summed E-state index contributed by atoms with van der Waals surface area (Å²) in [4.78, 5) is 16.8. The Morgan fingerprint density at radius 3 is 2.43 bits per heavy atom. The van der Waals surface area contributed by atoms with Gasteiger partial charge in [-0.1, -0.05) is 30.3 Å². The van der Waals surface area contributed by atoms with Crippen molar-refractivity contribution < 1.29 is 14.3 Å². The van der Waals surface area contributed by atoms with Crippen LogP contribution in [0.15, 0.2) is 66.9 Å². The maximum atomic E-state index is 12.5. The predicted molar refractivity (Wildman–Crippen MR) is 110 cm³/mol. The standard InChI is InChI=1S/C22H23N3O3/c1-15(16-7-5-4-6-8-16)24-17-9-11-19(23-14-17)22(26)25-20-13-18(27-2)10-12-21(20)28-3/h4-15,24H,1-3H3,(H,25,26). The lowest BCUT2D eigenvalue weighted by Crippen LogP contribution is -2.15. The van der Waals surface area contributed by atoms with Crippen molar-refractivity contribution in [3.05, 3.63) is 78.1 Å². The number of pyridine rings is 1. The van der Waals surface area contributed by atoms with E-state index in [-0.39, 0.29) is 11.9 Å². The van der Waals surface area contributed by atoms with Crippen LogP contribution < -0.4 is 20.1 Å². The molecule has 2 aromatic carbocycles. The normalized spacial score (nSPS) is 11.4. The third-order valence-corrected chi connectivity index (χ3v) is 4.33. The molecule has 0 bridgehead atoms. The van der Waals surface area contributed by atoms with Gasteiger partial charge in [0.2, 0.25) is 0 Å². The van der Waals surface area contributed by atoms with Crippen molar-refractivity contribution in [3.63, 3.8) is 0 Å². The summed E-state index contributed by atoms with van der Waals surface area (Å²) in [5.41, 5.74) is 2.85. The summed E-state index contributed by atoms with van der Waals surface area (Å²) in [7, 11) is 3.11. The fraction of sp³-hybridized carbons (Fsp3) is 0.182. The number of carbonyl (C=O) groups is 1. The van der Waals surface area contributed by atoms with Gasteiger partial charge in [0.25, 0.3) is 5.91 Å². The van der Waals surface area contributed by atoms with Crippen molar-refractivity contribution in [3.8, 4) is 11.5 Å². The van der Waals surface area contributed by atoms with Gasteiger partial charge < -0.3 is 20.1 Å². The number of nitrogens with zero attached hydrogens (tertiary/aromatic N) is 1. The fourth-order valence-corrected chi connectivity index (χ4v) is 2.79. The van der Waals surface area contributed by atoms with E-state index in [4.69, 9.17) is 9.47 Å². The molecule has 1 unspecified atom stereocenters. The van der Waals surface area contributed by atoms with Gasteiger partial charge in [0, 0.05) is 12.1 Å². The van der Waals surface area contributed by atoms with Crippen molar-refractivity contribution >= 4 is 17.3 Å². The quantitative estimate of drug-likeness (QED) is 0.633. The molecular formula is C22H23N3O3. The number of anilines is 2. The second-order valence-electron chi connectivity index (χ2n) is 6.23. The maximum absolute atomic E-state index is 12.5. The van der Waals surface area contributed by atoms with Crippen LogP contribution in [0.2, 0.25) is 0 Å². The van der Waals surface area contributed by atoms with Gasteiger partial charge in [0.05, 0.1) is 31.8 Å². The van der Waals surface area contributed by atoms with E-state index in [1.807, 2.05) is 24.3 Å². The first kappa shape index (κ1) is 19.2. The minimum absolute atomic E-state index is 0.128. The minimum Gasteiger partial charge on any atom is -0.497 e. The lowest BCUT2D eigenvalue weighted by Gasteiger charge is -2.15. The molecule has 3 aromatic rings. The predicted octanol–water partition coefficient (Wildman–Crippen LogP) is 4.52. The van der Waals surface area contributed by atoms with E-state index < -0.39 is 0 Å². The average Bonchev–Trinajstić information content (AvgIpc) is 2.74. The van der Waals surface area contributed by atoms with Crippen molar-refractivity contribution in [1.29, 1.82) is 0 Å². The highest BCUT2D eigenvalue weighted by Crippen LogP contribution is 2.29. The summed E-state index contributed by atoms with van der Waals surface area (Å²) in [5.74, 6) is 0.844. The van der Waals surface area contributed by atoms with E-state index in [1.165, 1.54) is 5.56 Å². The Labute approximate surface area is 164 Å². The van der Waals surface area contributed by atoms with Crippen molar-refractivity contribution in [1.82, 2.24) is 4.98 Å². The van der Waals surface area contributed by atoms with E-state index in [2.05, 4.69) is 34.7 Å². The molecule has 0 fully saturated rings. The molecule has 3 rings (SSSR count). The molecule has 6 nitrogen and oxygen atoms in total. The number of amides is 1. The zero-order chi connectivity index (χ0) is 19.9. The molecule has 0 saturated heterocycles. The highest BCUT2D eigenvalue weighted by molar-refractivity contribution is 6.03. The van der Waals surface area contributed by atoms with Gasteiger partial charge in [-0.25, -0.2) is 4.98 Å². The van der Waals surface area contributed by atoms with Crippen LogP contribution in [0.5, 0.6) is 11.5 Å². The number of nitrogens with one attached hydrogen (secondary N) is 2. The summed E-state index contributed by atoms with van der Waals surface area (Å²) >= 11 is 0. The van der Waals surface area contributed by atoms with Crippen molar-refractivity contribution in [2.45, 2.75) is 13.0 Å². The summed E-state index contributed by atoms with van der Waals surface area (Å²) in [6.45, 7) is 2.07. The van der Waals surface area contributed by atoms with E-state index in [1.54, 1.807) is 44.7 Å². The third-order valence-electron chi connectivity index (χ3n) is 4.33. The maximum Gasteiger partial charge on any atom is 0.274 e. The van der Waals surface area contributed by atoms with Gasteiger partial charge in [-0.3, -0.25) is 4.79 Å². The molecule has 0 saturated carbocycles. The molecule has 1 heterocycles. The highest BCUT2D eigenvalue weighted by atomic mass is 16.5. The Kier molecular flexibility index (Phi) is 6.11. The molecule has 28 heavy (non-hydrogen) atoms. The molecule has 0 aliphatic carbocycles. The van der Waals surface area contributed by atoms with Crippen molar-refractivity contribution in [2.75, 3.05) is 24.9 Å². The van der Waals surface area contributed by atoms with Gasteiger partial charge in [-0.15, -0.1) is 0 Å². The van der Waals surface area contributed by atoms with Gasteiger partial charge in [0.1, 0.15) is 17.2 Å². The number of benzene rings is 2. The Morgan fingerprint density at radius 2 is 1.79 bits per heavy atom. The largest absolute Gasteiger partial charge is 0.497 e. The van der Waals surface area contributed by atoms with Crippen LogP contribution in [0.4, 0.5) is 11.4 Å². The van der Waals surface area contributed by atoms with Crippen LogP contribution >= 0.6 is 0 Å². The Bertz CT molecular complexity index is 928. The van der Waals surface area contributed by atoms with Gasteiger partial charge in [-0.05, 0) is 36.8 Å². The molecule has 1 amide bonds. The minimum atomic E-state index is -0.325. The van der Waals surface area contributed by atoms with Crippen LogP contribution in [0.1, 0.15) is 29.0 Å². The number of methoxy groups -OCH3 is 2. The average molecular weight is 377 g/mol. The number of ether oxygens (including phenoxy) is 2. The lowest BCUT2D eigenvalue weighted by molar-refractivity contribution is 0.102. The van der Waals surface area contributed by atoms with Crippen molar-refractivity contribution in [2.24, 2.45) is 0 Å². The number of hydrogen-bond acceptors (Lipinski definition) is 5. The molecule has 6 heteroatoms. The van der Waals surface area contributed by atoms with Gasteiger partial charge in [-0.2, -0.15) is 0 Å². The molecule has 0 aliphatic rings. The number of hydrogen-bond donors (Lipinski definition) is 2. The highest BCUT2D eigenvalue weighted by Gasteiger charge is 2.13. The first-order valence-electron chi connectivity index (χ1n) is 8.91. The van der Waals surface area contributed by atoms with E-state index >= 15 is 0 Å². The summed E-state index contributed by atoms with van der Waals surface area (Å²) in [6.07, 6.45) is 1.65.